The third kappa shape index (κ3) is 1.95. The number of hydrogen-bond acceptors (Lipinski definition) is 2. The van der Waals surface area contributed by atoms with Crippen LogP contribution in [0.2, 0.25) is 0 Å². The van der Waals surface area contributed by atoms with E-state index in [1.54, 1.807) is 12.1 Å². The van der Waals surface area contributed by atoms with E-state index >= 15 is 0 Å². The van der Waals surface area contributed by atoms with Crippen LogP contribution in [0.5, 0.6) is 5.75 Å². The lowest BCUT2D eigenvalue weighted by atomic mass is 9.97. The van der Waals surface area contributed by atoms with Gasteiger partial charge in [0.15, 0.2) is 0 Å². The fraction of sp³-hybridized carbons (Fsp3) is 0.385. The normalized spacial score (nSPS) is 17.1. The molecule has 0 aromatic heterocycles. The molecule has 2 rings (SSSR count). The average Bonchev–Trinajstić information content (AvgIpc) is 2.81. The van der Waals surface area contributed by atoms with E-state index in [0.717, 1.165) is 24.8 Å². The second-order valence-electron chi connectivity index (χ2n) is 4.00. The lowest BCUT2D eigenvalue weighted by molar-refractivity contribution is 0.401. The van der Waals surface area contributed by atoms with Crippen molar-refractivity contribution in [2.75, 3.05) is 7.11 Å². The molecule has 0 amide bonds. The van der Waals surface area contributed by atoms with Crippen molar-refractivity contribution in [2.24, 2.45) is 5.73 Å². The average molecular weight is 221 g/mol. The standard InChI is InChI=1S/C13H16FNO/c1-16-11-8-4-7-10(14)12(11)13(15)9-5-2-3-6-9/h4-5,7-8,13H,2-3,6,15H2,1H3. The Morgan fingerprint density at radius 1 is 1.44 bits per heavy atom. The first kappa shape index (κ1) is 11.1. The Balaban J connectivity index is 2.38. The van der Waals surface area contributed by atoms with Gasteiger partial charge in [-0.2, -0.15) is 0 Å². The lowest BCUT2D eigenvalue weighted by Gasteiger charge is -2.17. The number of allylic oxidation sites excluding steroid dienone is 1. The summed E-state index contributed by atoms with van der Waals surface area (Å²) in [4.78, 5) is 0. The van der Waals surface area contributed by atoms with Gasteiger partial charge in [0.1, 0.15) is 11.6 Å². The fourth-order valence-corrected chi connectivity index (χ4v) is 2.16. The number of halogens is 1. The van der Waals surface area contributed by atoms with Crippen molar-refractivity contribution in [2.45, 2.75) is 25.3 Å². The Bertz CT molecular complexity index is 414. The van der Waals surface area contributed by atoms with Crippen molar-refractivity contribution >= 4 is 0 Å². The molecule has 0 saturated heterocycles. The van der Waals surface area contributed by atoms with Crippen LogP contribution in [-0.2, 0) is 0 Å². The first-order valence-corrected chi connectivity index (χ1v) is 5.51. The zero-order valence-electron chi connectivity index (χ0n) is 9.37. The Morgan fingerprint density at radius 3 is 2.88 bits per heavy atom. The second-order valence-corrected chi connectivity index (χ2v) is 4.00. The van der Waals surface area contributed by atoms with Gasteiger partial charge in [0, 0.05) is 0 Å². The summed E-state index contributed by atoms with van der Waals surface area (Å²) >= 11 is 0. The van der Waals surface area contributed by atoms with Crippen LogP contribution in [0.25, 0.3) is 0 Å². The molecule has 0 aliphatic heterocycles. The highest BCUT2D eigenvalue weighted by atomic mass is 19.1. The zero-order valence-corrected chi connectivity index (χ0v) is 9.37. The van der Waals surface area contributed by atoms with E-state index in [0.29, 0.717) is 11.3 Å². The van der Waals surface area contributed by atoms with Gasteiger partial charge in [-0.15, -0.1) is 0 Å². The van der Waals surface area contributed by atoms with Crippen molar-refractivity contribution in [3.05, 3.63) is 41.2 Å². The molecule has 0 radical (unpaired) electrons. The Kier molecular flexibility index (Phi) is 3.25. The van der Waals surface area contributed by atoms with Gasteiger partial charge >= 0.3 is 0 Å². The number of ether oxygens (including phenoxy) is 1. The van der Waals surface area contributed by atoms with Crippen LogP contribution in [0, 0.1) is 5.82 Å². The fourth-order valence-electron chi connectivity index (χ4n) is 2.16. The van der Waals surface area contributed by atoms with Crippen molar-refractivity contribution in [1.82, 2.24) is 0 Å². The van der Waals surface area contributed by atoms with E-state index in [2.05, 4.69) is 6.08 Å². The van der Waals surface area contributed by atoms with Gasteiger partial charge in [-0.3, -0.25) is 0 Å². The largest absolute Gasteiger partial charge is 0.496 e. The van der Waals surface area contributed by atoms with Crippen molar-refractivity contribution in [3.63, 3.8) is 0 Å². The van der Waals surface area contributed by atoms with Crippen LogP contribution in [0.1, 0.15) is 30.9 Å². The summed E-state index contributed by atoms with van der Waals surface area (Å²) < 4.78 is 18.9. The molecule has 0 fully saturated rings. The van der Waals surface area contributed by atoms with E-state index in [1.807, 2.05) is 0 Å². The molecule has 86 valence electrons. The Morgan fingerprint density at radius 2 is 2.25 bits per heavy atom. The van der Waals surface area contributed by atoms with Gasteiger partial charge in [-0.05, 0) is 31.4 Å². The molecule has 0 bridgehead atoms. The van der Waals surface area contributed by atoms with Gasteiger partial charge in [0.25, 0.3) is 0 Å². The van der Waals surface area contributed by atoms with Crippen molar-refractivity contribution < 1.29 is 9.13 Å². The Hall–Kier alpha value is -1.35. The lowest BCUT2D eigenvalue weighted by Crippen LogP contribution is -2.15. The van der Waals surface area contributed by atoms with Gasteiger partial charge < -0.3 is 10.5 Å². The summed E-state index contributed by atoms with van der Waals surface area (Å²) in [6, 6.07) is 4.42. The summed E-state index contributed by atoms with van der Waals surface area (Å²) in [5, 5.41) is 0. The third-order valence-corrected chi connectivity index (χ3v) is 3.02. The third-order valence-electron chi connectivity index (χ3n) is 3.02. The van der Waals surface area contributed by atoms with E-state index in [1.165, 1.54) is 13.2 Å². The SMILES string of the molecule is COc1cccc(F)c1C(N)C1=CCCC1. The quantitative estimate of drug-likeness (QED) is 0.796. The van der Waals surface area contributed by atoms with Gasteiger partial charge in [-0.25, -0.2) is 4.39 Å². The summed E-state index contributed by atoms with van der Waals surface area (Å²) in [6.07, 6.45) is 5.22. The molecule has 3 heteroatoms. The van der Waals surface area contributed by atoms with Gasteiger partial charge in [0.2, 0.25) is 0 Å². The molecule has 1 aromatic rings. The van der Waals surface area contributed by atoms with E-state index in [4.69, 9.17) is 10.5 Å². The van der Waals surface area contributed by atoms with Crippen LogP contribution in [0.15, 0.2) is 29.8 Å². The number of benzene rings is 1. The van der Waals surface area contributed by atoms with Crippen molar-refractivity contribution in [1.29, 1.82) is 0 Å². The zero-order chi connectivity index (χ0) is 11.5. The topological polar surface area (TPSA) is 35.2 Å². The molecule has 2 N–H and O–H groups in total. The minimum atomic E-state index is -0.376. The highest BCUT2D eigenvalue weighted by Gasteiger charge is 2.21. The minimum Gasteiger partial charge on any atom is -0.496 e. The maximum absolute atomic E-state index is 13.8. The summed E-state index contributed by atoms with van der Waals surface area (Å²) in [5.41, 5.74) is 7.67. The summed E-state index contributed by atoms with van der Waals surface area (Å²) in [6.45, 7) is 0. The highest BCUT2D eigenvalue weighted by molar-refractivity contribution is 5.41. The van der Waals surface area contributed by atoms with Crippen LogP contribution >= 0.6 is 0 Å². The molecule has 1 unspecified atom stereocenters. The molecule has 0 saturated carbocycles. The Labute approximate surface area is 94.9 Å². The van der Waals surface area contributed by atoms with Crippen LogP contribution in [0.3, 0.4) is 0 Å². The molecule has 16 heavy (non-hydrogen) atoms. The second kappa shape index (κ2) is 4.66. The number of nitrogens with two attached hydrogens (primary N) is 1. The number of hydrogen-bond donors (Lipinski definition) is 1. The summed E-state index contributed by atoms with van der Waals surface area (Å²) in [5.74, 6) is 0.236. The molecule has 1 atom stereocenters. The van der Waals surface area contributed by atoms with E-state index < -0.39 is 0 Å². The molecule has 0 heterocycles. The van der Waals surface area contributed by atoms with Crippen LogP contribution in [-0.4, -0.2) is 7.11 Å². The van der Waals surface area contributed by atoms with Crippen LogP contribution < -0.4 is 10.5 Å². The molecular weight excluding hydrogens is 205 g/mol. The van der Waals surface area contributed by atoms with Gasteiger partial charge in [0.05, 0.1) is 18.7 Å². The first-order valence-electron chi connectivity index (χ1n) is 5.51. The van der Waals surface area contributed by atoms with E-state index in [-0.39, 0.29) is 11.9 Å². The van der Waals surface area contributed by atoms with Crippen molar-refractivity contribution in [3.8, 4) is 5.75 Å². The molecule has 1 aliphatic carbocycles. The monoisotopic (exact) mass is 221 g/mol. The smallest absolute Gasteiger partial charge is 0.132 e. The predicted octanol–water partition coefficient (Wildman–Crippen LogP) is 2.94. The van der Waals surface area contributed by atoms with Gasteiger partial charge in [-0.1, -0.05) is 17.7 Å². The summed E-state index contributed by atoms with van der Waals surface area (Å²) in [7, 11) is 1.54. The maximum Gasteiger partial charge on any atom is 0.132 e. The van der Waals surface area contributed by atoms with E-state index in [9.17, 15) is 4.39 Å². The minimum absolute atomic E-state index is 0.292. The molecule has 0 spiro atoms. The highest BCUT2D eigenvalue weighted by Crippen LogP contribution is 2.34. The number of rotatable bonds is 3. The molecule has 1 aromatic carbocycles. The molecule has 2 nitrogen and oxygen atoms in total. The molecule has 1 aliphatic rings. The first-order chi connectivity index (χ1) is 7.74. The predicted molar refractivity (Wildman–Crippen MR) is 61.8 cm³/mol. The molecular formula is C13H16FNO. The maximum atomic E-state index is 13.8. The number of methoxy groups -OCH3 is 1. The van der Waals surface area contributed by atoms with Crippen LogP contribution in [0.4, 0.5) is 4.39 Å².